The number of esters is 1. The van der Waals surface area contributed by atoms with E-state index in [0.717, 1.165) is 5.56 Å². The van der Waals surface area contributed by atoms with Gasteiger partial charge in [-0.3, -0.25) is 9.59 Å². The van der Waals surface area contributed by atoms with Crippen LogP contribution in [0.1, 0.15) is 19.4 Å². The molecule has 2 aromatic rings. The number of hydrogen-bond donors (Lipinski definition) is 0. The van der Waals surface area contributed by atoms with Crippen LogP contribution < -0.4 is 14.5 Å². The first-order valence-electron chi connectivity index (χ1n) is 8.13. The van der Waals surface area contributed by atoms with Gasteiger partial charge in [-0.1, -0.05) is 17.7 Å². The molecule has 1 heterocycles. The van der Waals surface area contributed by atoms with Gasteiger partial charge in [0, 0.05) is 11.9 Å². The van der Waals surface area contributed by atoms with Gasteiger partial charge in [0.15, 0.2) is 11.5 Å². The van der Waals surface area contributed by atoms with Gasteiger partial charge in [0.1, 0.15) is 0 Å². The maximum Gasteiger partial charge on any atom is 0.308 e. The highest BCUT2D eigenvalue weighted by atomic mass is 35.5. The summed E-state index contributed by atoms with van der Waals surface area (Å²) in [5.41, 5.74) is 2.42. The van der Waals surface area contributed by atoms with Gasteiger partial charge < -0.3 is 9.47 Å². The van der Waals surface area contributed by atoms with Crippen LogP contribution in [-0.2, 0) is 9.59 Å². The molecule has 1 aliphatic heterocycles. The first-order valence-corrected chi connectivity index (χ1v) is 8.50. The Morgan fingerprint density at radius 2 is 1.85 bits per heavy atom. The molecule has 0 saturated heterocycles. The second kappa shape index (κ2) is 7.63. The fraction of sp³-hybridized carbons (Fsp3) is 0.150. The van der Waals surface area contributed by atoms with Gasteiger partial charge in [-0.25, -0.2) is 0 Å². The molecule has 0 saturated carbocycles. The minimum absolute atomic E-state index is 0.238. The van der Waals surface area contributed by atoms with Crippen LogP contribution in [0.25, 0.3) is 6.08 Å². The topological polar surface area (TPSA) is 68.2 Å². The van der Waals surface area contributed by atoms with Crippen molar-refractivity contribution in [2.24, 2.45) is 5.10 Å². The van der Waals surface area contributed by atoms with Crippen molar-refractivity contribution in [2.45, 2.75) is 13.8 Å². The molecule has 0 fully saturated rings. The normalized spacial score (nSPS) is 15.1. The van der Waals surface area contributed by atoms with E-state index in [1.807, 2.05) is 0 Å². The summed E-state index contributed by atoms with van der Waals surface area (Å²) in [6.07, 6.45) is 1.72. The number of ether oxygens (including phenoxy) is 2. The number of hydrogen-bond acceptors (Lipinski definition) is 5. The van der Waals surface area contributed by atoms with E-state index in [9.17, 15) is 9.59 Å². The number of rotatable bonds is 4. The molecule has 7 heteroatoms. The standard InChI is InChI=1S/C20H17ClN2O4/c1-12-17(20(25)23(22-12)16-7-5-15(21)6-8-16)10-14-4-9-18(27-13(2)24)19(11-14)26-3/h4-11H,1-3H3/b17-10+. The number of anilines is 1. The summed E-state index contributed by atoms with van der Waals surface area (Å²) in [4.78, 5) is 23.9. The Balaban J connectivity index is 1.91. The second-order valence-corrected chi connectivity index (χ2v) is 6.28. The van der Waals surface area contributed by atoms with Crippen LogP contribution in [-0.4, -0.2) is 24.7 Å². The molecule has 0 aliphatic carbocycles. The lowest BCUT2D eigenvalue weighted by molar-refractivity contribution is -0.132. The average Bonchev–Trinajstić information content (AvgIpc) is 2.91. The average molecular weight is 385 g/mol. The van der Waals surface area contributed by atoms with Crippen LogP contribution >= 0.6 is 11.6 Å². The summed E-state index contributed by atoms with van der Waals surface area (Å²) >= 11 is 5.90. The molecule has 3 rings (SSSR count). The van der Waals surface area contributed by atoms with Crippen LogP contribution in [0.5, 0.6) is 11.5 Å². The molecular weight excluding hydrogens is 368 g/mol. The molecule has 1 amide bonds. The lowest BCUT2D eigenvalue weighted by Crippen LogP contribution is -2.21. The van der Waals surface area contributed by atoms with Crippen molar-refractivity contribution < 1.29 is 19.1 Å². The maximum atomic E-state index is 12.8. The molecule has 27 heavy (non-hydrogen) atoms. The number of halogens is 1. The van der Waals surface area contributed by atoms with Crippen LogP contribution in [0.4, 0.5) is 5.69 Å². The Labute approximate surface area is 161 Å². The van der Waals surface area contributed by atoms with Crippen molar-refractivity contribution >= 4 is 41.0 Å². The first kappa shape index (κ1) is 18.7. The number of carbonyl (C=O) groups excluding carboxylic acids is 2. The lowest BCUT2D eigenvalue weighted by Gasteiger charge is -2.11. The highest BCUT2D eigenvalue weighted by Gasteiger charge is 2.28. The fourth-order valence-electron chi connectivity index (χ4n) is 2.62. The van der Waals surface area contributed by atoms with Gasteiger partial charge in [0.25, 0.3) is 5.91 Å². The summed E-state index contributed by atoms with van der Waals surface area (Å²) in [7, 11) is 1.48. The van der Waals surface area contributed by atoms with Gasteiger partial charge in [0.2, 0.25) is 0 Å². The number of hydrazone groups is 1. The Bertz CT molecular complexity index is 964. The molecule has 0 unspecified atom stereocenters. The van der Waals surface area contributed by atoms with Gasteiger partial charge in [0.05, 0.1) is 24.1 Å². The Morgan fingerprint density at radius 1 is 1.15 bits per heavy atom. The zero-order valence-electron chi connectivity index (χ0n) is 15.0. The van der Waals surface area contributed by atoms with Crippen LogP contribution in [0.15, 0.2) is 53.1 Å². The Kier molecular flexibility index (Phi) is 5.28. The van der Waals surface area contributed by atoms with E-state index in [0.29, 0.717) is 33.5 Å². The minimum Gasteiger partial charge on any atom is -0.493 e. The number of benzene rings is 2. The summed E-state index contributed by atoms with van der Waals surface area (Å²) < 4.78 is 10.4. The predicted molar refractivity (Wildman–Crippen MR) is 104 cm³/mol. The monoisotopic (exact) mass is 384 g/mol. The van der Waals surface area contributed by atoms with Crippen LogP contribution in [0, 0.1) is 0 Å². The highest BCUT2D eigenvalue weighted by Crippen LogP contribution is 2.31. The zero-order valence-corrected chi connectivity index (χ0v) is 15.8. The minimum atomic E-state index is -0.438. The number of carbonyl (C=O) groups is 2. The molecule has 0 spiro atoms. The van der Waals surface area contributed by atoms with Crippen molar-refractivity contribution in [3.05, 3.63) is 58.6 Å². The van der Waals surface area contributed by atoms with Crippen molar-refractivity contribution in [1.29, 1.82) is 0 Å². The Hall–Kier alpha value is -3.12. The summed E-state index contributed by atoms with van der Waals surface area (Å²) in [6, 6.07) is 11.9. The largest absolute Gasteiger partial charge is 0.493 e. The molecule has 0 aromatic heterocycles. The molecule has 0 radical (unpaired) electrons. The van der Waals surface area contributed by atoms with E-state index < -0.39 is 5.97 Å². The van der Waals surface area contributed by atoms with E-state index in [1.54, 1.807) is 55.5 Å². The maximum absolute atomic E-state index is 12.8. The molecular formula is C20H17ClN2O4. The third-order valence-electron chi connectivity index (χ3n) is 3.89. The summed E-state index contributed by atoms with van der Waals surface area (Å²) in [5, 5.41) is 6.26. The van der Waals surface area contributed by atoms with E-state index in [1.165, 1.54) is 19.0 Å². The van der Waals surface area contributed by atoms with Gasteiger partial charge >= 0.3 is 5.97 Å². The van der Waals surface area contributed by atoms with E-state index in [4.69, 9.17) is 21.1 Å². The third-order valence-corrected chi connectivity index (χ3v) is 4.14. The second-order valence-electron chi connectivity index (χ2n) is 5.84. The zero-order chi connectivity index (χ0) is 19.6. The van der Waals surface area contributed by atoms with Crippen molar-refractivity contribution in [1.82, 2.24) is 0 Å². The molecule has 0 N–H and O–H groups in total. The van der Waals surface area contributed by atoms with Crippen LogP contribution in [0.3, 0.4) is 0 Å². The van der Waals surface area contributed by atoms with Crippen molar-refractivity contribution in [2.75, 3.05) is 12.1 Å². The van der Waals surface area contributed by atoms with E-state index in [2.05, 4.69) is 5.10 Å². The van der Waals surface area contributed by atoms with Gasteiger partial charge in [-0.15, -0.1) is 0 Å². The molecule has 138 valence electrons. The molecule has 2 aromatic carbocycles. The number of amides is 1. The SMILES string of the molecule is COc1cc(/C=C2/C(=O)N(c3ccc(Cl)cc3)N=C2C)ccc1OC(C)=O. The lowest BCUT2D eigenvalue weighted by atomic mass is 10.1. The smallest absolute Gasteiger partial charge is 0.308 e. The van der Waals surface area contributed by atoms with E-state index in [-0.39, 0.29) is 5.91 Å². The summed E-state index contributed by atoms with van der Waals surface area (Å²) in [6.45, 7) is 3.09. The fourth-order valence-corrected chi connectivity index (χ4v) is 2.75. The van der Waals surface area contributed by atoms with Gasteiger partial charge in [-0.05, 0) is 55.0 Å². The van der Waals surface area contributed by atoms with Crippen molar-refractivity contribution in [3.63, 3.8) is 0 Å². The number of nitrogens with zero attached hydrogens (tertiary/aromatic N) is 2. The first-order chi connectivity index (χ1) is 12.9. The predicted octanol–water partition coefficient (Wildman–Crippen LogP) is 4.08. The summed E-state index contributed by atoms with van der Waals surface area (Å²) in [5.74, 6) is 0.0389. The molecule has 0 bridgehead atoms. The van der Waals surface area contributed by atoms with Crippen LogP contribution in [0.2, 0.25) is 5.02 Å². The molecule has 0 atom stereocenters. The highest BCUT2D eigenvalue weighted by molar-refractivity contribution is 6.32. The quantitative estimate of drug-likeness (QED) is 0.452. The molecule has 6 nitrogen and oxygen atoms in total. The van der Waals surface area contributed by atoms with Crippen molar-refractivity contribution in [3.8, 4) is 11.5 Å². The third kappa shape index (κ3) is 4.01. The Morgan fingerprint density at radius 3 is 2.48 bits per heavy atom. The van der Waals surface area contributed by atoms with Gasteiger partial charge in [-0.2, -0.15) is 10.1 Å². The molecule has 1 aliphatic rings. The number of methoxy groups -OCH3 is 1. The van der Waals surface area contributed by atoms with E-state index >= 15 is 0 Å².